The maximum absolute atomic E-state index is 6.02. The normalized spacial score (nSPS) is 20.3. The van der Waals surface area contributed by atoms with Crippen molar-refractivity contribution in [3.8, 4) is 0 Å². The van der Waals surface area contributed by atoms with Crippen LogP contribution in [0.4, 0.5) is 11.6 Å². The van der Waals surface area contributed by atoms with E-state index in [1.54, 1.807) is 0 Å². The molecular formula is C13H23N5. The minimum Gasteiger partial charge on any atom is -0.368 e. The topological polar surface area (TPSA) is 67.1 Å². The summed E-state index contributed by atoms with van der Waals surface area (Å²) in [5.41, 5.74) is 6.02. The van der Waals surface area contributed by atoms with Crippen LogP contribution in [0.15, 0.2) is 6.07 Å². The van der Waals surface area contributed by atoms with Gasteiger partial charge in [-0.05, 0) is 33.6 Å². The third kappa shape index (κ3) is 3.32. The summed E-state index contributed by atoms with van der Waals surface area (Å²) >= 11 is 0. The van der Waals surface area contributed by atoms with Crippen LogP contribution in [0.1, 0.15) is 32.5 Å². The molecule has 2 rings (SSSR count). The van der Waals surface area contributed by atoms with Crippen LogP contribution < -0.4 is 16.0 Å². The van der Waals surface area contributed by atoms with Crippen molar-refractivity contribution in [2.45, 2.75) is 45.7 Å². The molecule has 1 aliphatic heterocycles. The van der Waals surface area contributed by atoms with E-state index >= 15 is 0 Å². The van der Waals surface area contributed by atoms with E-state index in [4.69, 9.17) is 5.73 Å². The van der Waals surface area contributed by atoms with E-state index < -0.39 is 0 Å². The maximum Gasteiger partial charge on any atom is 0.134 e. The fourth-order valence-corrected chi connectivity index (χ4v) is 2.30. The predicted molar refractivity (Wildman–Crippen MR) is 75.0 cm³/mol. The first-order valence-electron chi connectivity index (χ1n) is 6.67. The van der Waals surface area contributed by atoms with E-state index in [0.29, 0.717) is 6.04 Å². The minimum atomic E-state index is 0.260. The molecule has 0 aliphatic carbocycles. The molecule has 0 saturated carbocycles. The van der Waals surface area contributed by atoms with Crippen molar-refractivity contribution in [2.24, 2.45) is 5.73 Å². The summed E-state index contributed by atoms with van der Waals surface area (Å²) in [7, 11) is 0. The number of hydrogen-bond acceptors (Lipinski definition) is 5. The molecule has 5 heteroatoms. The van der Waals surface area contributed by atoms with Crippen LogP contribution in [0.25, 0.3) is 0 Å². The van der Waals surface area contributed by atoms with Crippen molar-refractivity contribution in [1.29, 1.82) is 0 Å². The van der Waals surface area contributed by atoms with Gasteiger partial charge in [0.2, 0.25) is 0 Å². The Morgan fingerprint density at radius 2 is 2.22 bits per heavy atom. The molecule has 0 amide bonds. The highest BCUT2D eigenvalue weighted by Crippen LogP contribution is 2.20. The van der Waals surface area contributed by atoms with E-state index in [-0.39, 0.29) is 6.04 Å². The van der Waals surface area contributed by atoms with Crippen molar-refractivity contribution in [3.05, 3.63) is 11.9 Å². The van der Waals surface area contributed by atoms with Gasteiger partial charge < -0.3 is 16.0 Å². The molecule has 18 heavy (non-hydrogen) atoms. The van der Waals surface area contributed by atoms with Gasteiger partial charge >= 0.3 is 0 Å². The van der Waals surface area contributed by atoms with Gasteiger partial charge in [0.25, 0.3) is 0 Å². The molecule has 1 saturated heterocycles. The lowest BCUT2D eigenvalue weighted by atomic mass is 10.1. The van der Waals surface area contributed by atoms with Crippen LogP contribution >= 0.6 is 0 Å². The minimum absolute atomic E-state index is 0.260. The molecule has 1 fully saturated rings. The number of nitrogens with two attached hydrogens (primary N) is 1. The highest BCUT2D eigenvalue weighted by atomic mass is 15.2. The number of aryl methyl sites for hydroxylation is 1. The number of piperidine rings is 1. The van der Waals surface area contributed by atoms with Gasteiger partial charge in [0.05, 0.1) is 0 Å². The fraction of sp³-hybridized carbons (Fsp3) is 0.692. The summed E-state index contributed by atoms with van der Waals surface area (Å²) in [5.74, 6) is 2.68. The molecule has 5 nitrogen and oxygen atoms in total. The van der Waals surface area contributed by atoms with Gasteiger partial charge in [-0.25, -0.2) is 9.97 Å². The first kappa shape index (κ1) is 13.1. The van der Waals surface area contributed by atoms with E-state index in [1.165, 1.54) is 0 Å². The molecule has 1 atom stereocenters. The summed E-state index contributed by atoms with van der Waals surface area (Å²) in [6, 6.07) is 2.65. The summed E-state index contributed by atoms with van der Waals surface area (Å²) in [6.07, 6.45) is 2.24. The van der Waals surface area contributed by atoms with Crippen molar-refractivity contribution in [2.75, 3.05) is 23.3 Å². The number of rotatable bonds is 3. The zero-order chi connectivity index (χ0) is 13.1. The number of aromatic nitrogens is 2. The van der Waals surface area contributed by atoms with Gasteiger partial charge in [0.15, 0.2) is 0 Å². The summed E-state index contributed by atoms with van der Waals surface area (Å²) in [6.45, 7) is 8.06. The second kappa shape index (κ2) is 5.52. The van der Waals surface area contributed by atoms with Gasteiger partial charge in [0, 0.05) is 31.2 Å². The van der Waals surface area contributed by atoms with Gasteiger partial charge in [-0.1, -0.05) is 0 Å². The van der Waals surface area contributed by atoms with Crippen LogP contribution in [0.5, 0.6) is 0 Å². The molecule has 0 bridgehead atoms. The van der Waals surface area contributed by atoms with Crippen LogP contribution in [-0.4, -0.2) is 35.1 Å². The van der Waals surface area contributed by atoms with Crippen molar-refractivity contribution >= 4 is 11.6 Å². The zero-order valence-corrected chi connectivity index (χ0v) is 11.5. The van der Waals surface area contributed by atoms with Crippen molar-refractivity contribution in [3.63, 3.8) is 0 Å². The van der Waals surface area contributed by atoms with Crippen LogP contribution in [-0.2, 0) is 0 Å². The molecule has 100 valence electrons. The first-order valence-corrected chi connectivity index (χ1v) is 6.67. The summed E-state index contributed by atoms with van der Waals surface area (Å²) in [5, 5.41) is 3.33. The van der Waals surface area contributed by atoms with Gasteiger partial charge in [-0.15, -0.1) is 0 Å². The van der Waals surface area contributed by atoms with Gasteiger partial charge in [-0.2, -0.15) is 0 Å². The van der Waals surface area contributed by atoms with E-state index in [0.717, 1.165) is 43.4 Å². The molecule has 1 aromatic heterocycles. The quantitative estimate of drug-likeness (QED) is 0.850. The average Bonchev–Trinajstić information content (AvgIpc) is 2.27. The predicted octanol–water partition coefficient (Wildman–Crippen LogP) is 1.53. The maximum atomic E-state index is 6.02. The second-order valence-corrected chi connectivity index (χ2v) is 5.31. The first-order chi connectivity index (χ1) is 8.54. The van der Waals surface area contributed by atoms with Crippen LogP contribution in [0.3, 0.4) is 0 Å². The number of anilines is 2. The summed E-state index contributed by atoms with van der Waals surface area (Å²) < 4.78 is 0. The van der Waals surface area contributed by atoms with Crippen LogP contribution in [0, 0.1) is 6.92 Å². The van der Waals surface area contributed by atoms with Crippen molar-refractivity contribution in [1.82, 2.24) is 9.97 Å². The molecule has 0 aromatic carbocycles. The lowest BCUT2D eigenvalue weighted by molar-refractivity contribution is 0.502. The van der Waals surface area contributed by atoms with Crippen molar-refractivity contribution < 1.29 is 0 Å². The third-order valence-electron chi connectivity index (χ3n) is 3.04. The Kier molecular flexibility index (Phi) is 4.01. The lowest BCUT2D eigenvalue weighted by Crippen LogP contribution is -2.43. The average molecular weight is 249 g/mol. The Bertz CT molecular complexity index is 404. The smallest absolute Gasteiger partial charge is 0.134 e. The Hall–Kier alpha value is -1.36. The van der Waals surface area contributed by atoms with Gasteiger partial charge in [-0.3, -0.25) is 0 Å². The highest BCUT2D eigenvalue weighted by Gasteiger charge is 2.18. The monoisotopic (exact) mass is 249 g/mol. The van der Waals surface area contributed by atoms with Gasteiger partial charge in [0.1, 0.15) is 17.5 Å². The Morgan fingerprint density at radius 3 is 2.89 bits per heavy atom. The fourth-order valence-electron chi connectivity index (χ4n) is 2.30. The third-order valence-corrected chi connectivity index (χ3v) is 3.04. The zero-order valence-electron chi connectivity index (χ0n) is 11.5. The molecule has 1 aliphatic rings. The SMILES string of the molecule is Cc1nc(NC(C)C)cc(N2CCCC(N)C2)n1. The standard InChI is InChI=1S/C13H23N5/c1-9(2)15-12-7-13(17-10(3)16-12)18-6-4-5-11(14)8-18/h7,9,11H,4-6,8,14H2,1-3H3,(H,15,16,17). The molecule has 0 spiro atoms. The molecule has 2 heterocycles. The molecular weight excluding hydrogens is 226 g/mol. The Labute approximate surface area is 109 Å². The molecule has 0 radical (unpaired) electrons. The second-order valence-electron chi connectivity index (χ2n) is 5.31. The number of hydrogen-bond donors (Lipinski definition) is 2. The summed E-state index contributed by atoms with van der Waals surface area (Å²) in [4.78, 5) is 11.2. The number of nitrogens with one attached hydrogen (secondary N) is 1. The number of nitrogens with zero attached hydrogens (tertiary/aromatic N) is 3. The highest BCUT2D eigenvalue weighted by molar-refractivity contribution is 5.50. The molecule has 1 aromatic rings. The van der Waals surface area contributed by atoms with Crippen LogP contribution in [0.2, 0.25) is 0 Å². The largest absolute Gasteiger partial charge is 0.368 e. The van der Waals surface area contributed by atoms with E-state index in [9.17, 15) is 0 Å². The Balaban J connectivity index is 2.18. The van der Waals surface area contributed by atoms with E-state index in [1.807, 2.05) is 13.0 Å². The lowest BCUT2D eigenvalue weighted by Gasteiger charge is -2.32. The molecule has 3 N–H and O–H groups in total. The Morgan fingerprint density at radius 1 is 1.44 bits per heavy atom. The molecule has 1 unspecified atom stereocenters. The van der Waals surface area contributed by atoms with E-state index in [2.05, 4.69) is 34.0 Å².